The molecule has 3 rings (SSSR count). The summed E-state index contributed by atoms with van der Waals surface area (Å²) in [6.07, 6.45) is -1.30. The van der Waals surface area contributed by atoms with E-state index in [9.17, 15) is 17.6 Å². The first-order valence-electron chi connectivity index (χ1n) is 7.35. The summed E-state index contributed by atoms with van der Waals surface area (Å²) in [7, 11) is -4.04. The monoisotopic (exact) mass is 384 g/mol. The lowest BCUT2D eigenvalue weighted by molar-refractivity contribution is 0.143. The molecule has 1 aliphatic heterocycles. The van der Waals surface area contributed by atoms with Gasteiger partial charge in [-0.15, -0.1) is 0 Å². The maximum absolute atomic E-state index is 13.6. The van der Waals surface area contributed by atoms with Crippen molar-refractivity contribution >= 4 is 33.4 Å². The summed E-state index contributed by atoms with van der Waals surface area (Å²) >= 11 is 5.91. The third kappa shape index (κ3) is 3.92. The minimum Gasteiger partial charge on any atom is -0.443 e. The van der Waals surface area contributed by atoms with E-state index < -0.39 is 32.9 Å². The third-order valence-corrected chi connectivity index (χ3v) is 5.31. The number of sulfonamides is 1. The Morgan fingerprint density at radius 3 is 2.72 bits per heavy atom. The van der Waals surface area contributed by atoms with Crippen molar-refractivity contribution in [3.05, 3.63) is 59.4 Å². The number of hydrogen-bond donors (Lipinski definition) is 1. The number of halogens is 2. The fraction of sp³-hybridized carbons (Fsp3) is 0.188. The predicted molar refractivity (Wildman–Crippen MR) is 90.7 cm³/mol. The highest BCUT2D eigenvalue weighted by Crippen LogP contribution is 2.24. The SMILES string of the molecule is O=C1O[C@@H](CNS(=O)(=O)c2ccccc2F)CN1c1cccc(Cl)c1. The van der Waals surface area contributed by atoms with Crippen LogP contribution in [0.2, 0.25) is 5.02 Å². The summed E-state index contributed by atoms with van der Waals surface area (Å²) in [5.41, 5.74) is 0.553. The molecule has 1 saturated heterocycles. The van der Waals surface area contributed by atoms with Gasteiger partial charge in [-0.1, -0.05) is 29.8 Å². The zero-order chi connectivity index (χ0) is 18.0. The van der Waals surface area contributed by atoms with Crippen molar-refractivity contribution in [2.45, 2.75) is 11.0 Å². The highest BCUT2D eigenvalue weighted by atomic mass is 35.5. The summed E-state index contributed by atoms with van der Waals surface area (Å²) in [6.45, 7) is -0.0154. The zero-order valence-corrected chi connectivity index (χ0v) is 14.4. The Bertz CT molecular complexity index is 907. The molecule has 0 unspecified atom stereocenters. The molecule has 25 heavy (non-hydrogen) atoms. The number of amides is 1. The van der Waals surface area contributed by atoms with Gasteiger partial charge in [-0.2, -0.15) is 0 Å². The molecule has 0 aliphatic carbocycles. The highest BCUT2D eigenvalue weighted by molar-refractivity contribution is 7.89. The number of nitrogens with one attached hydrogen (secondary N) is 1. The van der Waals surface area contributed by atoms with Crippen molar-refractivity contribution in [1.82, 2.24) is 4.72 Å². The number of carbonyl (C=O) groups is 1. The molecule has 1 fully saturated rings. The molecule has 1 heterocycles. The van der Waals surface area contributed by atoms with Gasteiger partial charge < -0.3 is 4.74 Å². The summed E-state index contributed by atoms with van der Waals surface area (Å²) in [5.74, 6) is -0.848. The number of ether oxygens (including phenoxy) is 1. The van der Waals surface area contributed by atoms with E-state index in [-0.39, 0.29) is 13.1 Å². The first kappa shape index (κ1) is 17.7. The van der Waals surface area contributed by atoms with Gasteiger partial charge in [0.2, 0.25) is 10.0 Å². The molecule has 1 aliphatic rings. The number of rotatable bonds is 5. The summed E-state index contributed by atoms with van der Waals surface area (Å²) in [6, 6.07) is 11.7. The van der Waals surface area contributed by atoms with Gasteiger partial charge in [0.1, 0.15) is 16.8 Å². The van der Waals surface area contributed by atoms with Crippen LogP contribution in [0.25, 0.3) is 0 Å². The van der Waals surface area contributed by atoms with Gasteiger partial charge in [-0.25, -0.2) is 22.3 Å². The molecule has 9 heteroatoms. The van der Waals surface area contributed by atoms with Crippen LogP contribution in [0.4, 0.5) is 14.9 Å². The van der Waals surface area contributed by atoms with E-state index in [0.29, 0.717) is 10.7 Å². The average Bonchev–Trinajstić information content (AvgIpc) is 2.94. The van der Waals surface area contributed by atoms with E-state index in [0.717, 1.165) is 12.1 Å². The number of cyclic esters (lactones) is 1. The lowest BCUT2D eigenvalue weighted by atomic mass is 10.3. The fourth-order valence-corrected chi connectivity index (χ4v) is 3.75. The van der Waals surface area contributed by atoms with Crippen LogP contribution in [0.5, 0.6) is 0 Å². The average molecular weight is 385 g/mol. The number of nitrogens with zero attached hydrogens (tertiary/aromatic N) is 1. The number of hydrogen-bond acceptors (Lipinski definition) is 4. The smallest absolute Gasteiger partial charge is 0.414 e. The molecular weight excluding hydrogens is 371 g/mol. The van der Waals surface area contributed by atoms with Crippen LogP contribution in [-0.4, -0.2) is 33.7 Å². The fourth-order valence-electron chi connectivity index (χ4n) is 2.43. The molecule has 0 saturated carbocycles. The quantitative estimate of drug-likeness (QED) is 0.860. The predicted octanol–water partition coefficient (Wildman–Crippen LogP) is 2.78. The lowest BCUT2D eigenvalue weighted by Gasteiger charge is -2.13. The molecule has 1 amide bonds. The second kappa shape index (κ2) is 6.99. The van der Waals surface area contributed by atoms with Gasteiger partial charge in [0.05, 0.1) is 6.54 Å². The largest absolute Gasteiger partial charge is 0.443 e. The first-order valence-corrected chi connectivity index (χ1v) is 9.21. The van der Waals surface area contributed by atoms with Crippen LogP contribution in [0.1, 0.15) is 0 Å². The Hall–Kier alpha value is -2.16. The maximum Gasteiger partial charge on any atom is 0.414 e. The Labute approximate surface area is 149 Å². The van der Waals surface area contributed by atoms with E-state index in [1.165, 1.54) is 17.0 Å². The van der Waals surface area contributed by atoms with Crippen LogP contribution >= 0.6 is 11.6 Å². The molecule has 132 valence electrons. The van der Waals surface area contributed by atoms with Crippen LogP contribution in [0.15, 0.2) is 53.4 Å². The van der Waals surface area contributed by atoms with E-state index in [4.69, 9.17) is 16.3 Å². The van der Waals surface area contributed by atoms with Crippen molar-refractivity contribution in [2.24, 2.45) is 0 Å². The molecule has 1 atom stereocenters. The van der Waals surface area contributed by atoms with Crippen molar-refractivity contribution < 1.29 is 22.3 Å². The van der Waals surface area contributed by atoms with Crippen molar-refractivity contribution in [3.63, 3.8) is 0 Å². The standard InChI is InChI=1S/C16H14ClFN2O4S/c17-11-4-3-5-12(8-11)20-10-13(24-16(20)21)9-19-25(22,23)15-7-2-1-6-14(15)18/h1-8,13,19H,9-10H2/t13-/m0/s1. The first-order chi connectivity index (χ1) is 11.9. The van der Waals surface area contributed by atoms with Gasteiger partial charge in [-0.05, 0) is 30.3 Å². The topological polar surface area (TPSA) is 75.7 Å². The van der Waals surface area contributed by atoms with Crippen LogP contribution < -0.4 is 9.62 Å². The minimum atomic E-state index is -4.04. The number of benzene rings is 2. The Morgan fingerprint density at radius 1 is 1.24 bits per heavy atom. The second-order valence-electron chi connectivity index (χ2n) is 5.38. The van der Waals surface area contributed by atoms with Crippen LogP contribution in [0.3, 0.4) is 0 Å². The summed E-state index contributed by atoms with van der Waals surface area (Å²) < 4.78 is 45.4. The molecule has 2 aromatic carbocycles. The number of carbonyl (C=O) groups excluding carboxylic acids is 1. The molecule has 0 spiro atoms. The van der Waals surface area contributed by atoms with E-state index >= 15 is 0 Å². The van der Waals surface area contributed by atoms with Crippen LogP contribution in [-0.2, 0) is 14.8 Å². The van der Waals surface area contributed by atoms with E-state index in [1.807, 2.05) is 0 Å². The minimum absolute atomic E-state index is 0.152. The summed E-state index contributed by atoms with van der Waals surface area (Å²) in [5, 5.41) is 0.467. The number of anilines is 1. The van der Waals surface area contributed by atoms with Gasteiger partial charge in [0.25, 0.3) is 0 Å². The van der Waals surface area contributed by atoms with Crippen molar-refractivity contribution in [1.29, 1.82) is 0 Å². The molecular formula is C16H14ClFN2O4S. The molecule has 0 bridgehead atoms. The molecule has 1 N–H and O–H groups in total. The van der Waals surface area contributed by atoms with E-state index in [2.05, 4.69) is 4.72 Å². The van der Waals surface area contributed by atoms with Gasteiger partial charge in [-0.3, -0.25) is 4.90 Å². The maximum atomic E-state index is 13.6. The van der Waals surface area contributed by atoms with Gasteiger partial charge in [0.15, 0.2) is 0 Å². The summed E-state index contributed by atoms with van der Waals surface area (Å²) in [4.78, 5) is 12.9. The Morgan fingerprint density at radius 2 is 2.00 bits per heavy atom. The molecule has 6 nitrogen and oxygen atoms in total. The highest BCUT2D eigenvalue weighted by Gasteiger charge is 2.33. The van der Waals surface area contributed by atoms with Gasteiger partial charge >= 0.3 is 6.09 Å². The second-order valence-corrected chi connectivity index (χ2v) is 7.55. The Kier molecular flexibility index (Phi) is 4.94. The van der Waals surface area contributed by atoms with Crippen molar-refractivity contribution in [3.8, 4) is 0 Å². The zero-order valence-electron chi connectivity index (χ0n) is 12.9. The molecule has 2 aromatic rings. The van der Waals surface area contributed by atoms with E-state index in [1.54, 1.807) is 24.3 Å². The molecule has 0 radical (unpaired) electrons. The molecule has 0 aromatic heterocycles. The normalized spacial score (nSPS) is 17.6. The Balaban J connectivity index is 1.67. The third-order valence-electron chi connectivity index (χ3n) is 3.62. The van der Waals surface area contributed by atoms with Crippen molar-refractivity contribution in [2.75, 3.05) is 18.0 Å². The lowest BCUT2D eigenvalue weighted by Crippen LogP contribution is -2.35. The van der Waals surface area contributed by atoms with Gasteiger partial charge in [0, 0.05) is 17.3 Å². The van der Waals surface area contributed by atoms with Crippen LogP contribution in [0, 0.1) is 5.82 Å².